The van der Waals surface area contributed by atoms with Crippen molar-refractivity contribution in [3.05, 3.63) is 0 Å². The third-order valence-corrected chi connectivity index (χ3v) is 2.16. The van der Waals surface area contributed by atoms with Crippen LogP contribution in [0.2, 0.25) is 0 Å². The van der Waals surface area contributed by atoms with E-state index in [0.717, 1.165) is 6.92 Å². The molecule has 0 aromatic rings. The van der Waals surface area contributed by atoms with Crippen LogP contribution >= 0.6 is 0 Å². The quantitative estimate of drug-likeness (QED) is 0.547. The van der Waals surface area contributed by atoms with Gasteiger partial charge in [0.05, 0.1) is 0 Å². The van der Waals surface area contributed by atoms with Gasteiger partial charge in [-0.3, -0.25) is 9.59 Å². The maximum absolute atomic E-state index is 11.4. The minimum absolute atomic E-state index is 0.640. The second kappa shape index (κ2) is 3.88. The molecule has 0 aliphatic carbocycles. The summed E-state index contributed by atoms with van der Waals surface area (Å²) >= 11 is 0. The molecule has 1 heterocycles. The molecule has 1 aliphatic rings. The number of ketones is 1. The van der Waals surface area contributed by atoms with Gasteiger partial charge in [-0.05, 0) is 13.8 Å². The lowest BCUT2D eigenvalue weighted by molar-refractivity contribution is -0.264. The molecule has 6 heteroatoms. The summed E-state index contributed by atoms with van der Waals surface area (Å²) in [5.41, 5.74) is -1.28. The van der Waals surface area contributed by atoms with Crippen LogP contribution in [0.1, 0.15) is 20.8 Å². The van der Waals surface area contributed by atoms with Gasteiger partial charge < -0.3 is 19.7 Å². The Morgan fingerprint density at radius 3 is 2.47 bits per heavy atom. The lowest BCUT2D eigenvalue weighted by Crippen LogP contribution is -2.60. The van der Waals surface area contributed by atoms with Crippen molar-refractivity contribution >= 4 is 11.8 Å². The minimum Gasteiger partial charge on any atom is -0.433 e. The van der Waals surface area contributed by atoms with Gasteiger partial charge in [0, 0.05) is 6.92 Å². The average Bonchev–Trinajstić information content (AvgIpc) is 2.10. The van der Waals surface area contributed by atoms with E-state index in [0.29, 0.717) is 0 Å². The zero-order valence-electron chi connectivity index (χ0n) is 8.76. The Labute approximate surface area is 86.8 Å². The normalized spacial score (nSPS) is 35.0. The van der Waals surface area contributed by atoms with Crippen LogP contribution in [0.15, 0.2) is 0 Å². The average molecular weight is 218 g/mol. The number of carbonyl (C=O) groups excluding carboxylic acids is 2. The molecule has 0 aromatic heterocycles. The standard InChI is InChI=1S/C9H14O6/c1-4(10)14-8-6(12)5(11)7(13)9(2,3)15-8/h5-6,8,11-12H,1-3H3/t5-,6+,8+/m0/s1. The smallest absolute Gasteiger partial charge is 0.305 e. The van der Waals surface area contributed by atoms with Crippen molar-refractivity contribution in [1.82, 2.24) is 0 Å². The van der Waals surface area contributed by atoms with Crippen molar-refractivity contribution in [2.75, 3.05) is 0 Å². The van der Waals surface area contributed by atoms with E-state index in [1.54, 1.807) is 0 Å². The predicted molar refractivity (Wildman–Crippen MR) is 47.7 cm³/mol. The number of ether oxygens (including phenoxy) is 2. The van der Waals surface area contributed by atoms with Gasteiger partial charge in [0.1, 0.15) is 17.8 Å². The molecule has 0 spiro atoms. The van der Waals surface area contributed by atoms with Crippen LogP contribution in [-0.2, 0) is 19.1 Å². The van der Waals surface area contributed by atoms with Gasteiger partial charge in [-0.1, -0.05) is 0 Å². The highest BCUT2D eigenvalue weighted by atomic mass is 16.7. The summed E-state index contributed by atoms with van der Waals surface area (Å²) in [5, 5.41) is 18.8. The molecule has 2 N–H and O–H groups in total. The van der Waals surface area contributed by atoms with Crippen molar-refractivity contribution in [3.63, 3.8) is 0 Å². The molecule has 0 amide bonds. The van der Waals surface area contributed by atoms with Crippen molar-refractivity contribution < 1.29 is 29.3 Å². The Bertz CT molecular complexity index is 284. The number of carbonyl (C=O) groups is 2. The second-order valence-corrected chi connectivity index (χ2v) is 3.91. The highest BCUT2D eigenvalue weighted by Crippen LogP contribution is 2.26. The molecule has 15 heavy (non-hydrogen) atoms. The fraction of sp³-hybridized carbons (Fsp3) is 0.778. The minimum atomic E-state index is -1.60. The van der Waals surface area contributed by atoms with E-state index in [1.165, 1.54) is 13.8 Å². The van der Waals surface area contributed by atoms with Crippen LogP contribution in [0.25, 0.3) is 0 Å². The van der Waals surface area contributed by atoms with E-state index >= 15 is 0 Å². The second-order valence-electron chi connectivity index (χ2n) is 3.91. The summed E-state index contributed by atoms with van der Waals surface area (Å²) < 4.78 is 9.71. The first-order valence-electron chi connectivity index (χ1n) is 4.51. The van der Waals surface area contributed by atoms with Crippen molar-refractivity contribution in [2.24, 2.45) is 0 Å². The first kappa shape index (κ1) is 12.1. The van der Waals surface area contributed by atoms with Crippen LogP contribution in [0.5, 0.6) is 0 Å². The Morgan fingerprint density at radius 2 is 2.00 bits per heavy atom. The van der Waals surface area contributed by atoms with E-state index in [-0.39, 0.29) is 0 Å². The van der Waals surface area contributed by atoms with Crippen LogP contribution in [0.3, 0.4) is 0 Å². The van der Waals surface area contributed by atoms with E-state index in [4.69, 9.17) is 4.74 Å². The van der Waals surface area contributed by atoms with Crippen LogP contribution in [0, 0.1) is 0 Å². The monoisotopic (exact) mass is 218 g/mol. The van der Waals surface area contributed by atoms with Crippen molar-refractivity contribution in [2.45, 2.75) is 44.9 Å². The third kappa shape index (κ3) is 2.34. The fourth-order valence-corrected chi connectivity index (χ4v) is 1.34. The molecule has 86 valence electrons. The van der Waals surface area contributed by atoms with Gasteiger partial charge in [0.25, 0.3) is 0 Å². The predicted octanol–water partition coefficient (Wildman–Crippen LogP) is -1.02. The van der Waals surface area contributed by atoms with Gasteiger partial charge in [-0.25, -0.2) is 0 Å². The molecule has 1 saturated heterocycles. The number of hydrogen-bond acceptors (Lipinski definition) is 6. The molecule has 1 aliphatic heterocycles. The van der Waals surface area contributed by atoms with E-state index in [1.807, 2.05) is 0 Å². The Balaban J connectivity index is 2.84. The molecular formula is C9H14O6. The molecule has 0 aromatic carbocycles. The van der Waals surface area contributed by atoms with Crippen molar-refractivity contribution in [1.29, 1.82) is 0 Å². The Morgan fingerprint density at radius 1 is 1.47 bits per heavy atom. The first-order valence-corrected chi connectivity index (χ1v) is 4.51. The zero-order chi connectivity index (χ0) is 11.8. The molecule has 0 saturated carbocycles. The number of esters is 1. The summed E-state index contributed by atoms with van der Waals surface area (Å²) in [6.07, 6.45) is -4.46. The molecule has 6 nitrogen and oxygen atoms in total. The summed E-state index contributed by atoms with van der Waals surface area (Å²) in [4.78, 5) is 22.1. The summed E-state index contributed by atoms with van der Waals surface area (Å²) in [6.45, 7) is 4.01. The maximum atomic E-state index is 11.4. The Hall–Kier alpha value is -0.980. The lowest BCUT2D eigenvalue weighted by Gasteiger charge is -2.39. The van der Waals surface area contributed by atoms with Gasteiger partial charge >= 0.3 is 5.97 Å². The van der Waals surface area contributed by atoms with E-state index in [9.17, 15) is 19.8 Å². The molecule has 1 fully saturated rings. The lowest BCUT2D eigenvalue weighted by atomic mass is 9.92. The molecule has 1 rings (SSSR count). The number of aliphatic hydroxyl groups excluding tert-OH is 2. The topological polar surface area (TPSA) is 93.1 Å². The van der Waals surface area contributed by atoms with E-state index in [2.05, 4.69) is 4.74 Å². The number of aliphatic hydroxyl groups is 2. The third-order valence-electron chi connectivity index (χ3n) is 2.16. The number of hydrogen-bond donors (Lipinski definition) is 2. The molecule has 0 radical (unpaired) electrons. The fourth-order valence-electron chi connectivity index (χ4n) is 1.34. The summed E-state index contributed by atoms with van der Waals surface area (Å²) in [6, 6.07) is 0. The largest absolute Gasteiger partial charge is 0.433 e. The SMILES string of the molecule is CC(=O)O[C@@H]1OC(C)(C)C(=O)[C@@H](O)[C@H]1O. The van der Waals surface area contributed by atoms with Gasteiger partial charge in [-0.15, -0.1) is 0 Å². The molecular weight excluding hydrogens is 204 g/mol. The van der Waals surface area contributed by atoms with Crippen LogP contribution in [-0.4, -0.2) is 46.1 Å². The van der Waals surface area contributed by atoms with Crippen molar-refractivity contribution in [3.8, 4) is 0 Å². The van der Waals surface area contributed by atoms with Crippen LogP contribution < -0.4 is 0 Å². The Kier molecular flexibility index (Phi) is 3.13. The molecule has 0 bridgehead atoms. The maximum Gasteiger partial charge on any atom is 0.305 e. The van der Waals surface area contributed by atoms with E-state index < -0.39 is 35.9 Å². The number of rotatable bonds is 1. The van der Waals surface area contributed by atoms with Gasteiger partial charge in [0.15, 0.2) is 5.78 Å². The molecule has 0 unspecified atom stereocenters. The highest BCUT2D eigenvalue weighted by molar-refractivity contribution is 5.91. The summed E-state index contributed by atoms with van der Waals surface area (Å²) in [5.74, 6) is -1.30. The molecule has 3 atom stereocenters. The summed E-state index contributed by atoms with van der Waals surface area (Å²) in [7, 11) is 0. The highest BCUT2D eigenvalue weighted by Gasteiger charge is 2.49. The number of Topliss-reactive ketones (excluding diaryl/α,β-unsaturated/α-hetero) is 1. The van der Waals surface area contributed by atoms with Crippen LogP contribution in [0.4, 0.5) is 0 Å². The zero-order valence-corrected chi connectivity index (χ0v) is 8.76. The van der Waals surface area contributed by atoms with Gasteiger partial charge in [0.2, 0.25) is 6.29 Å². The van der Waals surface area contributed by atoms with Gasteiger partial charge in [-0.2, -0.15) is 0 Å². The first-order chi connectivity index (χ1) is 6.75.